The Morgan fingerprint density at radius 3 is 2.62 bits per heavy atom. The third kappa shape index (κ3) is 4.00. The molecular weight excluding hydrogens is 334 g/mol. The van der Waals surface area contributed by atoms with Crippen LogP contribution in [-0.2, 0) is 14.3 Å². The second-order valence-electron chi connectivity index (χ2n) is 6.90. The zero-order valence-corrected chi connectivity index (χ0v) is 15.4. The van der Waals surface area contributed by atoms with E-state index in [0.29, 0.717) is 11.5 Å². The lowest BCUT2D eigenvalue weighted by Crippen LogP contribution is -2.51. The van der Waals surface area contributed by atoms with Gasteiger partial charge in [0.05, 0.1) is 0 Å². The molecule has 1 aromatic carbocycles. The van der Waals surface area contributed by atoms with Crippen molar-refractivity contribution in [1.82, 2.24) is 4.90 Å². The molecule has 0 saturated carbocycles. The number of hydrogen-bond donors (Lipinski definition) is 0. The first-order valence-electron chi connectivity index (χ1n) is 9.06. The second-order valence-corrected chi connectivity index (χ2v) is 6.90. The van der Waals surface area contributed by atoms with Crippen LogP contribution in [0.4, 0.5) is 0 Å². The minimum Gasteiger partial charge on any atom is -0.454 e. The van der Waals surface area contributed by atoms with Gasteiger partial charge in [-0.05, 0) is 63.8 Å². The van der Waals surface area contributed by atoms with E-state index in [4.69, 9.17) is 14.2 Å². The van der Waals surface area contributed by atoms with Crippen LogP contribution in [0, 0.1) is 0 Å². The smallest absolute Gasteiger partial charge is 0.331 e. The fourth-order valence-electron chi connectivity index (χ4n) is 3.51. The fourth-order valence-corrected chi connectivity index (χ4v) is 3.51. The molecule has 0 aliphatic carbocycles. The maximum Gasteiger partial charge on any atom is 0.331 e. The highest BCUT2D eigenvalue weighted by Crippen LogP contribution is 2.32. The van der Waals surface area contributed by atoms with E-state index in [1.807, 2.05) is 24.8 Å². The molecule has 0 aromatic heterocycles. The molecule has 2 aliphatic heterocycles. The summed E-state index contributed by atoms with van der Waals surface area (Å²) in [6.45, 7) is 5.92. The first-order valence-corrected chi connectivity index (χ1v) is 9.06. The van der Waals surface area contributed by atoms with Crippen LogP contribution in [0.3, 0.4) is 0 Å². The molecule has 0 radical (unpaired) electrons. The van der Waals surface area contributed by atoms with Crippen LogP contribution in [-0.4, -0.2) is 41.8 Å². The molecule has 2 aliphatic rings. The second kappa shape index (κ2) is 7.81. The summed E-state index contributed by atoms with van der Waals surface area (Å²) in [7, 11) is 0. The molecule has 1 amide bonds. The number of carbonyl (C=O) groups excluding carboxylic acids is 2. The molecule has 0 unspecified atom stereocenters. The van der Waals surface area contributed by atoms with Crippen LogP contribution in [0.15, 0.2) is 24.3 Å². The third-order valence-electron chi connectivity index (χ3n) is 4.90. The number of nitrogens with zero attached hydrogens (tertiary/aromatic N) is 1. The number of rotatable bonds is 4. The Bertz CT molecular complexity index is 704. The quantitative estimate of drug-likeness (QED) is 0.610. The van der Waals surface area contributed by atoms with E-state index < -0.39 is 12.1 Å². The molecule has 0 spiro atoms. The molecule has 6 heteroatoms. The van der Waals surface area contributed by atoms with Crippen molar-refractivity contribution < 1.29 is 23.8 Å². The van der Waals surface area contributed by atoms with Crippen LogP contribution in [0.25, 0.3) is 6.08 Å². The van der Waals surface area contributed by atoms with Crippen LogP contribution < -0.4 is 9.47 Å². The van der Waals surface area contributed by atoms with Gasteiger partial charge in [0.15, 0.2) is 17.6 Å². The first-order chi connectivity index (χ1) is 12.5. The number of likely N-dealkylation sites (tertiary alicyclic amines) is 1. The van der Waals surface area contributed by atoms with Crippen LogP contribution in [0.2, 0.25) is 0 Å². The minimum atomic E-state index is -0.799. The van der Waals surface area contributed by atoms with E-state index in [1.165, 1.54) is 6.08 Å². The number of esters is 1. The van der Waals surface area contributed by atoms with Gasteiger partial charge in [-0.3, -0.25) is 4.79 Å². The van der Waals surface area contributed by atoms with Crippen molar-refractivity contribution in [3.8, 4) is 11.5 Å². The lowest BCUT2D eigenvalue weighted by molar-refractivity contribution is -0.158. The number of carbonyl (C=O) groups is 2. The Balaban J connectivity index is 1.57. The molecule has 3 atom stereocenters. The van der Waals surface area contributed by atoms with Gasteiger partial charge in [0.1, 0.15) is 0 Å². The topological polar surface area (TPSA) is 65.1 Å². The fraction of sp³-hybridized carbons (Fsp3) is 0.500. The van der Waals surface area contributed by atoms with Gasteiger partial charge in [0.2, 0.25) is 6.79 Å². The Kier molecular flexibility index (Phi) is 5.49. The van der Waals surface area contributed by atoms with E-state index >= 15 is 0 Å². The maximum atomic E-state index is 12.7. The average molecular weight is 359 g/mol. The summed E-state index contributed by atoms with van der Waals surface area (Å²) < 4.78 is 15.9. The lowest BCUT2D eigenvalue weighted by Gasteiger charge is -2.40. The summed E-state index contributed by atoms with van der Waals surface area (Å²) in [5, 5.41) is 0. The average Bonchev–Trinajstić information content (AvgIpc) is 3.07. The van der Waals surface area contributed by atoms with Crippen molar-refractivity contribution in [2.75, 3.05) is 6.79 Å². The van der Waals surface area contributed by atoms with Gasteiger partial charge in [0.25, 0.3) is 5.91 Å². The number of piperidine rings is 1. The number of ether oxygens (including phenoxy) is 3. The molecule has 1 saturated heterocycles. The molecule has 6 nitrogen and oxygen atoms in total. The normalized spacial score (nSPS) is 23.1. The Morgan fingerprint density at radius 2 is 1.88 bits per heavy atom. The summed E-state index contributed by atoms with van der Waals surface area (Å²) in [5.74, 6) is 0.668. The van der Waals surface area contributed by atoms with Crippen molar-refractivity contribution in [1.29, 1.82) is 0 Å². The molecule has 1 aromatic rings. The van der Waals surface area contributed by atoms with Crippen LogP contribution in [0.5, 0.6) is 11.5 Å². The van der Waals surface area contributed by atoms with Gasteiger partial charge in [-0.15, -0.1) is 0 Å². The van der Waals surface area contributed by atoms with Crippen molar-refractivity contribution in [3.63, 3.8) is 0 Å². The molecular formula is C20H25NO5. The highest BCUT2D eigenvalue weighted by Gasteiger charge is 2.32. The highest BCUT2D eigenvalue weighted by molar-refractivity contribution is 5.90. The largest absolute Gasteiger partial charge is 0.454 e. The first kappa shape index (κ1) is 18.3. The van der Waals surface area contributed by atoms with Gasteiger partial charge < -0.3 is 19.1 Å². The zero-order valence-electron chi connectivity index (χ0n) is 15.4. The van der Waals surface area contributed by atoms with Crippen molar-refractivity contribution in [3.05, 3.63) is 29.8 Å². The van der Waals surface area contributed by atoms with E-state index in [2.05, 4.69) is 0 Å². The maximum absolute atomic E-state index is 12.7. The molecule has 140 valence electrons. The Labute approximate surface area is 153 Å². The van der Waals surface area contributed by atoms with Crippen LogP contribution >= 0.6 is 0 Å². The molecule has 2 heterocycles. The summed E-state index contributed by atoms with van der Waals surface area (Å²) in [4.78, 5) is 26.6. The number of benzene rings is 1. The highest BCUT2D eigenvalue weighted by atomic mass is 16.7. The molecule has 0 N–H and O–H groups in total. The third-order valence-corrected chi connectivity index (χ3v) is 4.90. The molecule has 1 fully saturated rings. The molecule has 3 rings (SSSR count). The summed E-state index contributed by atoms with van der Waals surface area (Å²) in [6.07, 6.45) is 5.25. The Morgan fingerprint density at radius 1 is 1.19 bits per heavy atom. The number of fused-ring (bicyclic) bond motifs is 1. The van der Waals surface area contributed by atoms with E-state index in [1.54, 1.807) is 25.1 Å². The van der Waals surface area contributed by atoms with Gasteiger partial charge in [-0.1, -0.05) is 6.07 Å². The van der Waals surface area contributed by atoms with Gasteiger partial charge in [-0.25, -0.2) is 4.79 Å². The van der Waals surface area contributed by atoms with Crippen molar-refractivity contribution in [2.24, 2.45) is 0 Å². The van der Waals surface area contributed by atoms with Crippen LogP contribution in [0.1, 0.15) is 45.6 Å². The predicted molar refractivity (Wildman–Crippen MR) is 96.8 cm³/mol. The SMILES string of the molecule is C[C@@H]1CCC[C@H](C)N1C(=O)[C@@H](C)OC(=O)/C=C/c1ccc2c(c1)OCO2. The molecule has 0 bridgehead atoms. The summed E-state index contributed by atoms with van der Waals surface area (Å²) in [5.41, 5.74) is 0.795. The van der Waals surface area contributed by atoms with Gasteiger partial charge in [0, 0.05) is 18.2 Å². The Hall–Kier alpha value is -2.50. The summed E-state index contributed by atoms with van der Waals surface area (Å²) in [6, 6.07) is 5.76. The van der Waals surface area contributed by atoms with E-state index in [0.717, 1.165) is 24.8 Å². The van der Waals surface area contributed by atoms with Gasteiger partial charge in [-0.2, -0.15) is 0 Å². The van der Waals surface area contributed by atoms with Crippen molar-refractivity contribution >= 4 is 18.0 Å². The predicted octanol–water partition coefficient (Wildman–Crippen LogP) is 3.15. The standard InChI is InChI=1S/C20H25NO5/c1-13-5-4-6-14(2)21(13)20(23)15(3)26-19(22)10-8-16-7-9-17-18(11-16)25-12-24-17/h7-11,13-15H,4-6,12H2,1-3H3/b10-8+/t13-,14+,15-/m1/s1. The van der Waals surface area contributed by atoms with Gasteiger partial charge >= 0.3 is 5.97 Å². The number of hydrogen-bond acceptors (Lipinski definition) is 5. The zero-order chi connectivity index (χ0) is 18.7. The minimum absolute atomic E-state index is 0.130. The van der Waals surface area contributed by atoms with E-state index in [9.17, 15) is 9.59 Å². The lowest BCUT2D eigenvalue weighted by atomic mass is 9.97. The molecule has 26 heavy (non-hydrogen) atoms. The van der Waals surface area contributed by atoms with E-state index in [-0.39, 0.29) is 24.8 Å². The summed E-state index contributed by atoms with van der Waals surface area (Å²) >= 11 is 0. The van der Waals surface area contributed by atoms with Crippen molar-refractivity contribution in [2.45, 2.75) is 58.2 Å². The number of amides is 1. The monoisotopic (exact) mass is 359 g/mol.